The van der Waals surface area contributed by atoms with Crippen LogP contribution in [-0.2, 0) is 0 Å². The first-order valence-electron chi connectivity index (χ1n) is 18.2. The third-order valence-corrected chi connectivity index (χ3v) is 11.7. The van der Waals surface area contributed by atoms with Gasteiger partial charge in [-0.15, -0.1) is 0 Å². The Labute approximate surface area is 302 Å². The van der Waals surface area contributed by atoms with Crippen molar-refractivity contribution in [2.45, 2.75) is 0 Å². The lowest BCUT2D eigenvalue weighted by Gasteiger charge is -2.27. The fourth-order valence-electron chi connectivity index (χ4n) is 9.60. The van der Waals surface area contributed by atoms with E-state index >= 15 is 0 Å². The van der Waals surface area contributed by atoms with Crippen molar-refractivity contribution < 1.29 is 0 Å². The Bertz CT molecular complexity index is 3580. The number of benzene rings is 8. The van der Waals surface area contributed by atoms with Gasteiger partial charge in [0.2, 0.25) is 0 Å². The molecule has 0 unspecified atom stereocenters. The number of para-hydroxylation sites is 4. The number of pyridine rings is 1. The summed E-state index contributed by atoms with van der Waals surface area (Å²) in [6.45, 7) is 0. The number of aromatic nitrogens is 3. The van der Waals surface area contributed by atoms with Gasteiger partial charge in [0.15, 0.2) is 0 Å². The number of hydrogen-bond acceptors (Lipinski definition) is 2. The molecular formula is C49H28N4. The molecule has 53 heavy (non-hydrogen) atoms. The SMILES string of the molecule is c1ccc(N(c2ccccc2)c2cc3ccccc3c3c4cc5ccccc5c5c6nc7c(cc6n(c23)c45)c2cccc3c4ccccc4n7c32)cc1. The summed E-state index contributed by atoms with van der Waals surface area (Å²) in [5.74, 6) is 0. The zero-order valence-corrected chi connectivity index (χ0v) is 28.5. The number of fused-ring (bicyclic) bond motifs is 16. The molecule has 0 aliphatic carbocycles. The van der Waals surface area contributed by atoms with E-state index in [4.69, 9.17) is 4.98 Å². The topological polar surface area (TPSA) is 25.0 Å². The summed E-state index contributed by atoms with van der Waals surface area (Å²) in [4.78, 5) is 8.17. The molecule has 0 saturated heterocycles. The lowest BCUT2D eigenvalue weighted by atomic mass is 9.98. The van der Waals surface area contributed by atoms with Crippen molar-refractivity contribution >= 4 is 115 Å². The van der Waals surface area contributed by atoms with Gasteiger partial charge in [-0.3, -0.25) is 4.40 Å². The highest BCUT2D eigenvalue weighted by Gasteiger charge is 2.28. The summed E-state index contributed by atoms with van der Waals surface area (Å²) in [6, 6.07) is 61.9. The summed E-state index contributed by atoms with van der Waals surface area (Å²) in [5, 5.41) is 13.6. The van der Waals surface area contributed by atoms with Gasteiger partial charge in [0, 0.05) is 49.1 Å². The monoisotopic (exact) mass is 672 g/mol. The molecule has 0 N–H and O–H groups in total. The largest absolute Gasteiger partial charge is 0.308 e. The fourth-order valence-corrected chi connectivity index (χ4v) is 9.60. The Morgan fingerprint density at radius 3 is 1.70 bits per heavy atom. The van der Waals surface area contributed by atoms with E-state index in [0.29, 0.717) is 0 Å². The van der Waals surface area contributed by atoms with Crippen LogP contribution in [0.3, 0.4) is 0 Å². The van der Waals surface area contributed by atoms with Crippen LogP contribution in [0.2, 0.25) is 0 Å². The molecule has 0 saturated carbocycles. The van der Waals surface area contributed by atoms with E-state index in [1.54, 1.807) is 0 Å². The molecule has 0 aliphatic heterocycles. The van der Waals surface area contributed by atoms with Crippen LogP contribution in [0.4, 0.5) is 17.1 Å². The van der Waals surface area contributed by atoms with Gasteiger partial charge in [-0.25, -0.2) is 4.98 Å². The van der Waals surface area contributed by atoms with Crippen LogP contribution in [0, 0.1) is 0 Å². The highest BCUT2D eigenvalue weighted by Crippen LogP contribution is 2.50. The van der Waals surface area contributed by atoms with Gasteiger partial charge in [0.05, 0.1) is 38.8 Å². The Kier molecular flexibility index (Phi) is 5.08. The molecule has 4 nitrogen and oxygen atoms in total. The van der Waals surface area contributed by atoms with Crippen LogP contribution in [0.15, 0.2) is 170 Å². The van der Waals surface area contributed by atoms with Crippen molar-refractivity contribution in [1.29, 1.82) is 0 Å². The van der Waals surface area contributed by atoms with Crippen molar-refractivity contribution in [1.82, 2.24) is 13.8 Å². The van der Waals surface area contributed by atoms with E-state index in [2.05, 4.69) is 184 Å². The number of rotatable bonds is 3. The van der Waals surface area contributed by atoms with Crippen molar-refractivity contribution in [2.75, 3.05) is 4.90 Å². The van der Waals surface area contributed by atoms with Crippen LogP contribution in [0.25, 0.3) is 98.0 Å². The lowest BCUT2D eigenvalue weighted by Crippen LogP contribution is -2.11. The molecule has 5 aromatic heterocycles. The summed E-state index contributed by atoms with van der Waals surface area (Å²) in [5.41, 5.74) is 11.4. The second kappa shape index (κ2) is 9.78. The van der Waals surface area contributed by atoms with Gasteiger partial charge in [0.1, 0.15) is 5.65 Å². The lowest BCUT2D eigenvalue weighted by molar-refractivity contribution is 1.27. The highest BCUT2D eigenvalue weighted by molar-refractivity contribution is 6.36. The molecule has 0 aliphatic rings. The number of nitrogens with zero attached hydrogens (tertiary/aromatic N) is 4. The first-order chi connectivity index (χ1) is 26.3. The molecule has 244 valence electrons. The summed E-state index contributed by atoms with van der Waals surface area (Å²) in [6.07, 6.45) is 0. The maximum Gasteiger partial charge on any atom is 0.146 e. The fraction of sp³-hybridized carbons (Fsp3) is 0. The molecule has 0 atom stereocenters. The third kappa shape index (κ3) is 3.39. The smallest absolute Gasteiger partial charge is 0.146 e. The molecule has 8 aromatic carbocycles. The van der Waals surface area contributed by atoms with Crippen molar-refractivity contribution in [2.24, 2.45) is 0 Å². The van der Waals surface area contributed by atoms with E-state index in [1.807, 2.05) is 0 Å². The standard InChI is InChI=1S/C49H28N4/c1-3-16-31(17-4-1)51(32-18-5-2-6-19-32)42-27-30-15-8-9-20-33(30)43-39-26-29-14-7-10-21-34(29)44-45-41(52(47(39)44)48(42)43)28-38-37-24-13-23-36-35-22-11-12-25-40(35)53(46(36)37)49(38)50-45/h1-28H. The minimum absolute atomic E-state index is 1.01. The van der Waals surface area contributed by atoms with Gasteiger partial charge >= 0.3 is 0 Å². The van der Waals surface area contributed by atoms with Crippen LogP contribution in [0.5, 0.6) is 0 Å². The van der Waals surface area contributed by atoms with E-state index < -0.39 is 0 Å². The normalized spacial score (nSPS) is 12.5. The third-order valence-electron chi connectivity index (χ3n) is 11.7. The molecule has 0 spiro atoms. The van der Waals surface area contributed by atoms with E-state index in [1.165, 1.54) is 81.3 Å². The molecule has 0 bridgehead atoms. The van der Waals surface area contributed by atoms with E-state index in [0.717, 1.165) is 33.7 Å². The highest BCUT2D eigenvalue weighted by atomic mass is 15.2. The Morgan fingerprint density at radius 1 is 0.377 bits per heavy atom. The zero-order chi connectivity index (χ0) is 34.4. The maximum absolute atomic E-state index is 5.75. The number of hydrogen-bond donors (Lipinski definition) is 0. The summed E-state index contributed by atoms with van der Waals surface area (Å²) in [7, 11) is 0. The van der Waals surface area contributed by atoms with Crippen molar-refractivity contribution in [3.05, 3.63) is 170 Å². The second-order valence-electron chi connectivity index (χ2n) is 14.3. The van der Waals surface area contributed by atoms with Crippen LogP contribution in [0.1, 0.15) is 0 Å². The van der Waals surface area contributed by atoms with Crippen molar-refractivity contribution in [3.8, 4) is 0 Å². The molecule has 0 radical (unpaired) electrons. The van der Waals surface area contributed by atoms with Gasteiger partial charge in [-0.2, -0.15) is 0 Å². The molecule has 4 heteroatoms. The second-order valence-corrected chi connectivity index (χ2v) is 14.3. The Morgan fingerprint density at radius 2 is 0.962 bits per heavy atom. The first kappa shape index (κ1) is 27.5. The minimum Gasteiger partial charge on any atom is -0.308 e. The van der Waals surface area contributed by atoms with Crippen molar-refractivity contribution in [3.63, 3.8) is 0 Å². The van der Waals surface area contributed by atoms with Crippen LogP contribution >= 0.6 is 0 Å². The quantitative estimate of drug-likeness (QED) is 0.187. The van der Waals surface area contributed by atoms with Gasteiger partial charge in [0.25, 0.3) is 0 Å². The summed E-state index contributed by atoms with van der Waals surface area (Å²) < 4.78 is 4.94. The molecule has 5 heterocycles. The first-order valence-corrected chi connectivity index (χ1v) is 18.2. The predicted octanol–water partition coefficient (Wildman–Crippen LogP) is 13.2. The minimum atomic E-state index is 1.01. The van der Waals surface area contributed by atoms with Gasteiger partial charge in [-0.1, -0.05) is 121 Å². The summed E-state index contributed by atoms with van der Waals surface area (Å²) >= 11 is 0. The Hall–Kier alpha value is -7.17. The molecule has 13 aromatic rings. The van der Waals surface area contributed by atoms with Crippen LogP contribution in [-0.4, -0.2) is 13.8 Å². The molecule has 13 rings (SSSR count). The number of anilines is 3. The van der Waals surface area contributed by atoms with Gasteiger partial charge in [-0.05, 0) is 70.1 Å². The zero-order valence-electron chi connectivity index (χ0n) is 28.5. The predicted molar refractivity (Wildman–Crippen MR) is 223 cm³/mol. The molecular weight excluding hydrogens is 645 g/mol. The average molecular weight is 673 g/mol. The molecule has 0 fully saturated rings. The van der Waals surface area contributed by atoms with Crippen LogP contribution < -0.4 is 4.90 Å². The molecule has 0 amide bonds. The average Bonchev–Trinajstić information content (AvgIpc) is 3.94. The maximum atomic E-state index is 5.75. The van der Waals surface area contributed by atoms with E-state index in [9.17, 15) is 0 Å². The Balaban J connectivity index is 1.31. The van der Waals surface area contributed by atoms with Gasteiger partial charge < -0.3 is 9.30 Å². The van der Waals surface area contributed by atoms with E-state index in [-0.39, 0.29) is 0 Å².